The average Bonchev–Trinajstić information content (AvgIpc) is 2.50. The SMILES string of the molecule is COCN(C(=O)OC(C)(C)C)[C@@H](Cc1ccc(F)cc1)C(=O)OC(C)C. The van der Waals surface area contributed by atoms with Gasteiger partial charge < -0.3 is 14.2 Å². The Morgan fingerprint density at radius 3 is 2.19 bits per heavy atom. The molecule has 146 valence electrons. The van der Waals surface area contributed by atoms with Crippen molar-refractivity contribution in [1.29, 1.82) is 0 Å². The quantitative estimate of drug-likeness (QED) is 0.543. The predicted molar refractivity (Wildman–Crippen MR) is 95.1 cm³/mol. The van der Waals surface area contributed by atoms with Gasteiger partial charge in [0.1, 0.15) is 24.2 Å². The Labute approximate surface area is 154 Å². The Kier molecular flexibility index (Phi) is 8.02. The van der Waals surface area contributed by atoms with E-state index in [0.29, 0.717) is 5.56 Å². The molecule has 0 spiro atoms. The number of methoxy groups -OCH3 is 1. The smallest absolute Gasteiger partial charge is 0.412 e. The van der Waals surface area contributed by atoms with Crippen LogP contribution >= 0.6 is 0 Å². The molecule has 1 amide bonds. The summed E-state index contributed by atoms with van der Waals surface area (Å²) in [5, 5.41) is 0. The first kappa shape index (κ1) is 21.9. The number of esters is 1. The first-order chi connectivity index (χ1) is 12.0. The van der Waals surface area contributed by atoms with Gasteiger partial charge in [0.2, 0.25) is 0 Å². The van der Waals surface area contributed by atoms with Crippen LogP contribution in [0.5, 0.6) is 0 Å². The summed E-state index contributed by atoms with van der Waals surface area (Å²) in [4.78, 5) is 26.4. The first-order valence-electron chi connectivity index (χ1n) is 8.47. The number of hydrogen-bond donors (Lipinski definition) is 0. The molecule has 6 nitrogen and oxygen atoms in total. The molecule has 0 aliphatic heterocycles. The lowest BCUT2D eigenvalue weighted by molar-refractivity contribution is -0.155. The molecule has 0 bridgehead atoms. The molecule has 0 aliphatic rings. The van der Waals surface area contributed by atoms with Crippen molar-refractivity contribution in [2.24, 2.45) is 0 Å². The normalized spacial score (nSPS) is 12.6. The highest BCUT2D eigenvalue weighted by atomic mass is 19.1. The van der Waals surface area contributed by atoms with Crippen LogP contribution in [-0.4, -0.2) is 48.5 Å². The molecule has 1 rings (SSSR count). The third-order valence-electron chi connectivity index (χ3n) is 3.24. The Morgan fingerprint density at radius 1 is 1.15 bits per heavy atom. The molecule has 0 unspecified atom stereocenters. The zero-order chi connectivity index (χ0) is 19.9. The van der Waals surface area contributed by atoms with Crippen LogP contribution in [0.15, 0.2) is 24.3 Å². The third kappa shape index (κ3) is 7.39. The van der Waals surface area contributed by atoms with Gasteiger partial charge in [-0.2, -0.15) is 0 Å². The predicted octanol–water partition coefficient (Wildman–Crippen LogP) is 3.53. The molecule has 1 atom stereocenters. The molecule has 0 saturated carbocycles. The fraction of sp³-hybridized carbons (Fsp3) is 0.579. The standard InChI is InChI=1S/C19H28FNO5/c1-13(2)25-17(22)16(11-14-7-9-15(20)10-8-14)21(12-24-6)18(23)26-19(3,4)5/h7-10,13,16H,11-12H2,1-6H3/t16-/m0/s1. The van der Waals surface area contributed by atoms with Crippen molar-refractivity contribution >= 4 is 12.1 Å². The summed E-state index contributed by atoms with van der Waals surface area (Å²) in [7, 11) is 1.42. The average molecular weight is 369 g/mol. The van der Waals surface area contributed by atoms with Crippen LogP contribution in [0.4, 0.5) is 9.18 Å². The molecule has 1 aromatic carbocycles. The maximum Gasteiger partial charge on any atom is 0.412 e. The van der Waals surface area contributed by atoms with E-state index in [1.165, 1.54) is 24.1 Å². The molecule has 0 heterocycles. The van der Waals surface area contributed by atoms with Crippen molar-refractivity contribution in [2.45, 2.75) is 58.8 Å². The van der Waals surface area contributed by atoms with Crippen LogP contribution in [0, 0.1) is 5.82 Å². The van der Waals surface area contributed by atoms with Crippen molar-refractivity contribution in [3.8, 4) is 0 Å². The summed E-state index contributed by atoms with van der Waals surface area (Å²) in [6, 6.07) is 4.76. The topological polar surface area (TPSA) is 65.1 Å². The Hall–Kier alpha value is -2.15. The Bertz CT molecular complexity index is 595. The minimum absolute atomic E-state index is 0.145. The van der Waals surface area contributed by atoms with Gasteiger partial charge in [0, 0.05) is 13.5 Å². The highest BCUT2D eigenvalue weighted by Crippen LogP contribution is 2.17. The second-order valence-corrected chi connectivity index (χ2v) is 7.20. The second-order valence-electron chi connectivity index (χ2n) is 7.20. The van der Waals surface area contributed by atoms with Crippen LogP contribution in [-0.2, 0) is 25.4 Å². The van der Waals surface area contributed by atoms with Crippen molar-refractivity contribution in [2.75, 3.05) is 13.8 Å². The van der Waals surface area contributed by atoms with E-state index in [0.717, 1.165) is 0 Å². The highest BCUT2D eigenvalue weighted by molar-refractivity contribution is 5.82. The first-order valence-corrected chi connectivity index (χ1v) is 8.47. The maximum atomic E-state index is 13.2. The zero-order valence-corrected chi connectivity index (χ0v) is 16.2. The number of halogens is 1. The Balaban J connectivity index is 3.13. The van der Waals surface area contributed by atoms with Crippen LogP contribution in [0.2, 0.25) is 0 Å². The van der Waals surface area contributed by atoms with Crippen molar-refractivity contribution < 1.29 is 28.2 Å². The van der Waals surface area contributed by atoms with E-state index in [1.54, 1.807) is 46.8 Å². The van der Waals surface area contributed by atoms with Gasteiger partial charge in [0.05, 0.1) is 6.10 Å². The maximum absolute atomic E-state index is 13.2. The monoisotopic (exact) mass is 369 g/mol. The van der Waals surface area contributed by atoms with E-state index >= 15 is 0 Å². The molecular weight excluding hydrogens is 341 g/mol. The van der Waals surface area contributed by atoms with E-state index in [9.17, 15) is 14.0 Å². The van der Waals surface area contributed by atoms with Crippen LogP contribution in [0.3, 0.4) is 0 Å². The molecular formula is C19H28FNO5. The molecule has 0 aliphatic carbocycles. The van der Waals surface area contributed by atoms with Crippen molar-refractivity contribution in [1.82, 2.24) is 4.90 Å². The molecule has 0 saturated heterocycles. The van der Waals surface area contributed by atoms with Gasteiger partial charge >= 0.3 is 12.1 Å². The fourth-order valence-corrected chi connectivity index (χ4v) is 2.20. The van der Waals surface area contributed by atoms with Gasteiger partial charge in [-0.3, -0.25) is 4.90 Å². The number of benzene rings is 1. The summed E-state index contributed by atoms with van der Waals surface area (Å²) in [6.45, 7) is 8.50. The largest absolute Gasteiger partial charge is 0.461 e. The van der Waals surface area contributed by atoms with Crippen LogP contribution < -0.4 is 0 Å². The molecule has 0 radical (unpaired) electrons. The Morgan fingerprint density at radius 2 is 1.73 bits per heavy atom. The molecule has 1 aromatic rings. The third-order valence-corrected chi connectivity index (χ3v) is 3.24. The van der Waals surface area contributed by atoms with E-state index < -0.39 is 23.7 Å². The van der Waals surface area contributed by atoms with Gasteiger partial charge in [0.15, 0.2) is 0 Å². The lowest BCUT2D eigenvalue weighted by Gasteiger charge is -2.32. The van der Waals surface area contributed by atoms with Gasteiger partial charge in [-0.15, -0.1) is 0 Å². The number of nitrogens with zero attached hydrogens (tertiary/aromatic N) is 1. The lowest BCUT2D eigenvalue weighted by Crippen LogP contribution is -2.50. The van der Waals surface area contributed by atoms with Crippen LogP contribution in [0.25, 0.3) is 0 Å². The van der Waals surface area contributed by atoms with E-state index in [-0.39, 0.29) is 25.1 Å². The van der Waals surface area contributed by atoms with Gasteiger partial charge in [-0.05, 0) is 52.3 Å². The lowest BCUT2D eigenvalue weighted by atomic mass is 10.0. The number of hydrogen-bond acceptors (Lipinski definition) is 5. The molecule has 26 heavy (non-hydrogen) atoms. The van der Waals surface area contributed by atoms with Gasteiger partial charge in [-0.1, -0.05) is 12.1 Å². The second kappa shape index (κ2) is 9.52. The zero-order valence-electron chi connectivity index (χ0n) is 16.2. The van der Waals surface area contributed by atoms with Crippen molar-refractivity contribution in [3.05, 3.63) is 35.6 Å². The number of carbonyl (C=O) groups is 2. The number of ether oxygens (including phenoxy) is 3. The van der Waals surface area contributed by atoms with Gasteiger partial charge in [0.25, 0.3) is 0 Å². The van der Waals surface area contributed by atoms with E-state index in [2.05, 4.69) is 0 Å². The van der Waals surface area contributed by atoms with E-state index in [1.807, 2.05) is 0 Å². The summed E-state index contributed by atoms with van der Waals surface area (Å²) in [5.41, 5.74) is -0.0485. The van der Waals surface area contributed by atoms with E-state index in [4.69, 9.17) is 14.2 Å². The van der Waals surface area contributed by atoms with Crippen LogP contribution in [0.1, 0.15) is 40.2 Å². The highest BCUT2D eigenvalue weighted by Gasteiger charge is 2.34. The molecule has 0 aromatic heterocycles. The van der Waals surface area contributed by atoms with Crippen molar-refractivity contribution in [3.63, 3.8) is 0 Å². The molecule has 0 fully saturated rings. The number of carbonyl (C=O) groups excluding carboxylic acids is 2. The molecule has 7 heteroatoms. The molecule has 0 N–H and O–H groups in total. The summed E-state index contributed by atoms with van der Waals surface area (Å²) in [6.07, 6.45) is -0.887. The minimum atomic E-state index is -0.960. The van der Waals surface area contributed by atoms with Gasteiger partial charge in [-0.25, -0.2) is 14.0 Å². The number of amides is 1. The minimum Gasteiger partial charge on any atom is -0.461 e. The fourth-order valence-electron chi connectivity index (χ4n) is 2.20. The summed E-state index contributed by atoms with van der Waals surface area (Å²) in [5.74, 6) is -0.955. The summed E-state index contributed by atoms with van der Waals surface area (Å²) < 4.78 is 28.9. The summed E-state index contributed by atoms with van der Waals surface area (Å²) >= 11 is 0. The number of rotatable bonds is 7.